The van der Waals surface area contributed by atoms with Crippen LogP contribution in [0.4, 0.5) is 13.2 Å². The maximum atomic E-state index is 12.6. The zero-order chi connectivity index (χ0) is 20.1. The van der Waals surface area contributed by atoms with Gasteiger partial charge in [-0.15, -0.1) is 0 Å². The van der Waals surface area contributed by atoms with Crippen molar-refractivity contribution in [1.29, 1.82) is 5.26 Å². The minimum Gasteiger partial charge on any atom is -0.340 e. The Hall–Kier alpha value is -2.85. The zero-order valence-electron chi connectivity index (χ0n) is 15.2. The number of nitriles is 1. The molecule has 1 heterocycles. The lowest BCUT2D eigenvalue weighted by Crippen LogP contribution is -2.48. The van der Waals surface area contributed by atoms with Crippen LogP contribution in [0.2, 0.25) is 0 Å². The van der Waals surface area contributed by atoms with Crippen molar-refractivity contribution in [2.24, 2.45) is 0 Å². The van der Waals surface area contributed by atoms with E-state index in [2.05, 4.69) is 11.0 Å². The Morgan fingerprint density at radius 3 is 2.04 bits per heavy atom. The van der Waals surface area contributed by atoms with Gasteiger partial charge in [-0.25, -0.2) is 0 Å². The molecule has 1 aliphatic rings. The van der Waals surface area contributed by atoms with Crippen LogP contribution in [0.3, 0.4) is 0 Å². The molecule has 0 spiro atoms. The number of hydrogen-bond donors (Lipinski definition) is 0. The molecule has 0 atom stereocenters. The van der Waals surface area contributed by atoms with Crippen molar-refractivity contribution in [3.63, 3.8) is 0 Å². The summed E-state index contributed by atoms with van der Waals surface area (Å²) in [5.41, 5.74) is 1.61. The van der Waals surface area contributed by atoms with Gasteiger partial charge in [-0.1, -0.05) is 24.3 Å². The Morgan fingerprint density at radius 1 is 0.929 bits per heavy atom. The lowest BCUT2D eigenvalue weighted by molar-refractivity contribution is -0.137. The van der Waals surface area contributed by atoms with Gasteiger partial charge in [0.05, 0.1) is 23.6 Å². The van der Waals surface area contributed by atoms with Gasteiger partial charge in [0.1, 0.15) is 0 Å². The zero-order valence-corrected chi connectivity index (χ0v) is 15.2. The molecule has 0 unspecified atom stereocenters. The van der Waals surface area contributed by atoms with Crippen LogP contribution in [0.5, 0.6) is 0 Å². The van der Waals surface area contributed by atoms with E-state index < -0.39 is 11.7 Å². The highest BCUT2D eigenvalue weighted by Gasteiger charge is 2.30. The van der Waals surface area contributed by atoms with E-state index in [9.17, 15) is 18.0 Å². The largest absolute Gasteiger partial charge is 0.416 e. The number of benzene rings is 2. The number of amides is 1. The number of alkyl halides is 3. The number of hydrogen-bond acceptors (Lipinski definition) is 3. The molecule has 4 nitrogen and oxygen atoms in total. The summed E-state index contributed by atoms with van der Waals surface area (Å²) in [6.45, 7) is 3.41. The molecular formula is C21H20F3N3O. The quantitative estimate of drug-likeness (QED) is 0.807. The smallest absolute Gasteiger partial charge is 0.340 e. The van der Waals surface area contributed by atoms with Crippen molar-refractivity contribution in [2.45, 2.75) is 19.1 Å². The van der Waals surface area contributed by atoms with Gasteiger partial charge in [-0.05, 0) is 35.4 Å². The molecule has 0 bridgehead atoms. The summed E-state index contributed by atoms with van der Waals surface area (Å²) in [4.78, 5) is 16.4. The molecule has 2 aromatic carbocycles. The molecule has 28 heavy (non-hydrogen) atoms. The van der Waals surface area contributed by atoms with Crippen molar-refractivity contribution >= 4 is 5.91 Å². The second-order valence-electron chi connectivity index (χ2n) is 6.84. The average molecular weight is 387 g/mol. The van der Waals surface area contributed by atoms with Gasteiger partial charge in [0, 0.05) is 32.7 Å². The molecular weight excluding hydrogens is 367 g/mol. The maximum absolute atomic E-state index is 12.6. The van der Waals surface area contributed by atoms with E-state index in [4.69, 9.17) is 5.26 Å². The summed E-state index contributed by atoms with van der Waals surface area (Å²) in [5.74, 6) is -0.0715. The highest BCUT2D eigenvalue weighted by atomic mass is 19.4. The molecule has 0 radical (unpaired) electrons. The molecule has 0 saturated carbocycles. The van der Waals surface area contributed by atoms with Gasteiger partial charge in [0.25, 0.3) is 0 Å². The Morgan fingerprint density at radius 2 is 1.50 bits per heavy atom. The van der Waals surface area contributed by atoms with E-state index in [1.54, 1.807) is 17.0 Å². The highest BCUT2D eigenvalue weighted by molar-refractivity contribution is 5.78. The van der Waals surface area contributed by atoms with Crippen LogP contribution < -0.4 is 0 Å². The lowest BCUT2D eigenvalue weighted by Gasteiger charge is -2.34. The normalized spacial score (nSPS) is 15.3. The summed E-state index contributed by atoms with van der Waals surface area (Å²) in [6.07, 6.45) is -4.26. The fourth-order valence-electron chi connectivity index (χ4n) is 3.20. The number of rotatable bonds is 4. The molecule has 7 heteroatoms. The molecule has 146 valence electrons. The fourth-order valence-corrected chi connectivity index (χ4v) is 3.20. The minimum atomic E-state index is -4.37. The SMILES string of the molecule is N#Cc1ccc(CN2CCN(C(=O)Cc3ccc(C(F)(F)F)cc3)CC2)cc1. The molecule has 1 fully saturated rings. The van der Waals surface area contributed by atoms with Crippen molar-refractivity contribution in [3.8, 4) is 6.07 Å². The molecule has 3 rings (SSSR count). The second-order valence-corrected chi connectivity index (χ2v) is 6.84. The number of carbonyl (C=O) groups is 1. The summed E-state index contributed by atoms with van der Waals surface area (Å²) >= 11 is 0. The van der Waals surface area contributed by atoms with Crippen molar-refractivity contribution in [3.05, 3.63) is 70.8 Å². The van der Waals surface area contributed by atoms with Crippen LogP contribution in [0, 0.1) is 11.3 Å². The van der Waals surface area contributed by atoms with E-state index in [-0.39, 0.29) is 12.3 Å². The highest BCUT2D eigenvalue weighted by Crippen LogP contribution is 2.29. The molecule has 0 N–H and O–H groups in total. The fraction of sp³-hybridized carbons (Fsp3) is 0.333. The van der Waals surface area contributed by atoms with Crippen LogP contribution in [0.1, 0.15) is 22.3 Å². The van der Waals surface area contributed by atoms with E-state index in [0.717, 1.165) is 37.3 Å². The molecule has 1 amide bonds. The van der Waals surface area contributed by atoms with Crippen molar-refractivity contribution in [1.82, 2.24) is 9.80 Å². The Bertz CT molecular complexity index is 846. The van der Waals surface area contributed by atoms with Crippen molar-refractivity contribution in [2.75, 3.05) is 26.2 Å². The van der Waals surface area contributed by atoms with Crippen LogP contribution in [-0.4, -0.2) is 41.9 Å². The third-order valence-electron chi connectivity index (χ3n) is 4.85. The standard InChI is InChI=1S/C21H20F3N3O/c22-21(23,24)19-7-5-16(6-8-19)13-20(28)27-11-9-26(10-12-27)15-18-3-1-17(14-25)2-4-18/h1-8H,9-13,15H2. The maximum Gasteiger partial charge on any atom is 0.416 e. The number of nitrogens with zero attached hydrogens (tertiary/aromatic N) is 3. The molecule has 2 aromatic rings. The number of carbonyl (C=O) groups excluding carboxylic acids is 1. The first-order valence-corrected chi connectivity index (χ1v) is 9.00. The summed E-state index contributed by atoms with van der Waals surface area (Å²) in [7, 11) is 0. The number of piperazine rings is 1. The predicted molar refractivity (Wildman–Crippen MR) is 98.2 cm³/mol. The Labute approximate surface area is 161 Å². The summed E-state index contributed by atoms with van der Waals surface area (Å²) in [5, 5.41) is 8.84. The van der Waals surface area contributed by atoms with Gasteiger partial charge in [0.15, 0.2) is 0 Å². The first kappa shape index (κ1) is 19.9. The van der Waals surface area contributed by atoms with Gasteiger partial charge < -0.3 is 4.90 Å². The topological polar surface area (TPSA) is 47.3 Å². The van der Waals surface area contributed by atoms with Gasteiger partial charge >= 0.3 is 6.18 Å². The molecule has 1 aliphatic heterocycles. The predicted octanol–water partition coefficient (Wildman–Crippen LogP) is 3.46. The Balaban J connectivity index is 1.48. The first-order valence-electron chi connectivity index (χ1n) is 9.00. The third kappa shape index (κ3) is 5.11. The molecule has 0 aliphatic carbocycles. The van der Waals surface area contributed by atoms with E-state index in [1.807, 2.05) is 12.1 Å². The lowest BCUT2D eigenvalue weighted by atomic mass is 10.1. The van der Waals surface area contributed by atoms with Crippen LogP contribution in [0.25, 0.3) is 0 Å². The van der Waals surface area contributed by atoms with E-state index >= 15 is 0 Å². The van der Waals surface area contributed by atoms with Crippen LogP contribution in [0.15, 0.2) is 48.5 Å². The van der Waals surface area contributed by atoms with Crippen LogP contribution in [-0.2, 0) is 23.9 Å². The van der Waals surface area contributed by atoms with E-state index in [1.165, 1.54) is 12.1 Å². The van der Waals surface area contributed by atoms with Gasteiger partial charge in [-0.3, -0.25) is 9.69 Å². The van der Waals surface area contributed by atoms with Gasteiger partial charge in [-0.2, -0.15) is 18.4 Å². The van der Waals surface area contributed by atoms with Gasteiger partial charge in [0.2, 0.25) is 5.91 Å². The second kappa shape index (κ2) is 8.44. The average Bonchev–Trinajstić information content (AvgIpc) is 2.69. The van der Waals surface area contributed by atoms with E-state index in [0.29, 0.717) is 24.2 Å². The summed E-state index contributed by atoms with van der Waals surface area (Å²) < 4.78 is 37.8. The minimum absolute atomic E-state index is 0.0715. The van der Waals surface area contributed by atoms with Crippen LogP contribution >= 0.6 is 0 Å². The summed E-state index contributed by atoms with van der Waals surface area (Å²) in [6, 6.07) is 14.3. The third-order valence-corrected chi connectivity index (χ3v) is 4.85. The Kier molecular flexibility index (Phi) is 6.00. The molecule has 0 aromatic heterocycles. The monoisotopic (exact) mass is 387 g/mol. The first-order chi connectivity index (χ1) is 13.3. The van der Waals surface area contributed by atoms with Crippen molar-refractivity contribution < 1.29 is 18.0 Å². The number of halogens is 3. The molecule has 1 saturated heterocycles.